The summed E-state index contributed by atoms with van der Waals surface area (Å²) < 4.78 is 45.1. The second kappa shape index (κ2) is 7.71. The summed E-state index contributed by atoms with van der Waals surface area (Å²) in [5, 5.41) is 9.19. The van der Waals surface area contributed by atoms with E-state index in [2.05, 4.69) is 0 Å². The van der Waals surface area contributed by atoms with Gasteiger partial charge in [0.05, 0.1) is 24.1 Å². The lowest BCUT2D eigenvalue weighted by molar-refractivity contribution is -0.136. The van der Waals surface area contributed by atoms with E-state index in [4.69, 9.17) is 21.4 Å². The maximum absolute atomic E-state index is 13.1. The summed E-state index contributed by atoms with van der Waals surface area (Å²) in [5.41, 5.74) is 0.0978. The maximum Gasteiger partial charge on any atom is 0.305 e. The van der Waals surface area contributed by atoms with E-state index in [0.717, 1.165) is 28.6 Å². The highest BCUT2D eigenvalue weighted by Gasteiger charge is 2.28. The van der Waals surface area contributed by atoms with E-state index in [1.165, 1.54) is 25.3 Å². The van der Waals surface area contributed by atoms with E-state index < -0.39 is 28.2 Å². The molecule has 134 valence electrons. The molecule has 0 unspecified atom stereocenters. The minimum atomic E-state index is -4.15. The molecule has 2 aromatic carbocycles. The van der Waals surface area contributed by atoms with Gasteiger partial charge < -0.3 is 9.84 Å². The van der Waals surface area contributed by atoms with Crippen LogP contribution in [0.15, 0.2) is 47.4 Å². The lowest BCUT2D eigenvalue weighted by atomic mass is 10.3. The van der Waals surface area contributed by atoms with E-state index in [1.807, 2.05) is 0 Å². The van der Waals surface area contributed by atoms with Gasteiger partial charge in [0.15, 0.2) is 0 Å². The number of anilines is 1. The van der Waals surface area contributed by atoms with Crippen molar-refractivity contribution in [3.8, 4) is 5.75 Å². The molecule has 0 radical (unpaired) electrons. The van der Waals surface area contributed by atoms with Crippen LogP contribution < -0.4 is 9.04 Å². The van der Waals surface area contributed by atoms with Crippen molar-refractivity contribution < 1.29 is 27.4 Å². The topological polar surface area (TPSA) is 83.9 Å². The van der Waals surface area contributed by atoms with Gasteiger partial charge in [-0.3, -0.25) is 9.10 Å². The number of halogens is 2. The summed E-state index contributed by atoms with van der Waals surface area (Å²) in [4.78, 5) is 10.8. The number of benzene rings is 2. The average molecular weight is 388 g/mol. The summed E-state index contributed by atoms with van der Waals surface area (Å²) in [7, 11) is -2.80. The van der Waals surface area contributed by atoms with Gasteiger partial charge in [-0.1, -0.05) is 11.6 Å². The Morgan fingerprint density at radius 3 is 2.44 bits per heavy atom. The van der Waals surface area contributed by atoms with Gasteiger partial charge in [-0.15, -0.1) is 0 Å². The number of aliphatic carboxylic acids is 1. The van der Waals surface area contributed by atoms with Crippen LogP contribution in [0.25, 0.3) is 0 Å². The third-order valence-electron chi connectivity index (χ3n) is 3.34. The van der Waals surface area contributed by atoms with Crippen molar-refractivity contribution in [3.63, 3.8) is 0 Å². The molecule has 0 spiro atoms. The fourth-order valence-electron chi connectivity index (χ4n) is 2.16. The molecule has 0 saturated carbocycles. The highest BCUT2D eigenvalue weighted by atomic mass is 35.5. The summed E-state index contributed by atoms with van der Waals surface area (Å²) in [6, 6.07) is 8.60. The number of carbonyl (C=O) groups is 1. The van der Waals surface area contributed by atoms with Crippen LogP contribution >= 0.6 is 11.6 Å². The quantitative estimate of drug-likeness (QED) is 0.788. The van der Waals surface area contributed by atoms with Gasteiger partial charge in [0.2, 0.25) is 0 Å². The number of nitrogens with zero attached hydrogens (tertiary/aromatic N) is 1. The Hall–Kier alpha value is -2.32. The zero-order valence-electron chi connectivity index (χ0n) is 13.1. The molecule has 9 heteroatoms. The van der Waals surface area contributed by atoms with Crippen molar-refractivity contribution in [1.82, 2.24) is 0 Å². The number of carboxylic acids is 1. The first-order valence-electron chi connectivity index (χ1n) is 7.09. The number of ether oxygens (including phenoxy) is 1. The summed E-state index contributed by atoms with van der Waals surface area (Å²) >= 11 is 5.95. The molecule has 1 N–H and O–H groups in total. The largest absolute Gasteiger partial charge is 0.495 e. The Morgan fingerprint density at radius 2 is 1.88 bits per heavy atom. The third-order valence-corrected chi connectivity index (χ3v) is 5.40. The van der Waals surface area contributed by atoms with E-state index in [1.54, 1.807) is 0 Å². The summed E-state index contributed by atoms with van der Waals surface area (Å²) in [5.74, 6) is -1.54. The van der Waals surface area contributed by atoms with Gasteiger partial charge in [0, 0.05) is 11.6 Å². The molecule has 0 fully saturated rings. The number of hydrogen-bond acceptors (Lipinski definition) is 4. The molecule has 2 aromatic rings. The Kier molecular flexibility index (Phi) is 5.86. The zero-order chi connectivity index (χ0) is 18.6. The monoisotopic (exact) mass is 387 g/mol. The predicted molar refractivity (Wildman–Crippen MR) is 91.2 cm³/mol. The number of carboxylic acid groups (broad SMARTS) is 1. The number of rotatable bonds is 7. The molecule has 0 aromatic heterocycles. The first-order valence-corrected chi connectivity index (χ1v) is 8.91. The smallest absolute Gasteiger partial charge is 0.305 e. The highest BCUT2D eigenvalue weighted by Crippen LogP contribution is 2.35. The maximum atomic E-state index is 13.1. The lowest BCUT2D eigenvalue weighted by Gasteiger charge is -2.25. The minimum Gasteiger partial charge on any atom is -0.495 e. The molecule has 0 bridgehead atoms. The first-order chi connectivity index (χ1) is 11.8. The Morgan fingerprint density at radius 1 is 1.24 bits per heavy atom. The van der Waals surface area contributed by atoms with Crippen molar-refractivity contribution in [2.75, 3.05) is 18.0 Å². The van der Waals surface area contributed by atoms with Crippen molar-refractivity contribution in [2.24, 2.45) is 0 Å². The fraction of sp³-hybridized carbons (Fsp3) is 0.188. The van der Waals surface area contributed by atoms with E-state index in [9.17, 15) is 17.6 Å². The molecular weight excluding hydrogens is 373 g/mol. The standard InChI is InChI=1S/C16H15ClFNO5S/c1-24-15-7-2-11(17)10-14(15)19(9-8-16(20)21)25(22,23)13-5-3-12(18)4-6-13/h2-7,10H,8-9H2,1H3,(H,20,21). The number of sulfonamides is 1. The summed E-state index contributed by atoms with van der Waals surface area (Å²) in [6.07, 6.45) is -0.434. The van der Waals surface area contributed by atoms with Crippen LogP contribution in [0.1, 0.15) is 6.42 Å². The van der Waals surface area contributed by atoms with Gasteiger partial charge in [-0.05, 0) is 42.5 Å². The van der Waals surface area contributed by atoms with E-state index in [0.29, 0.717) is 0 Å². The predicted octanol–water partition coefficient (Wildman–Crippen LogP) is 3.16. The van der Waals surface area contributed by atoms with Crippen molar-refractivity contribution in [1.29, 1.82) is 0 Å². The Balaban J connectivity index is 2.58. The van der Waals surface area contributed by atoms with Gasteiger partial charge in [0.1, 0.15) is 11.6 Å². The highest BCUT2D eigenvalue weighted by molar-refractivity contribution is 7.92. The molecule has 0 aliphatic rings. The minimum absolute atomic E-state index is 0.0978. The van der Waals surface area contributed by atoms with Gasteiger partial charge in [0.25, 0.3) is 10.0 Å². The van der Waals surface area contributed by atoms with Gasteiger partial charge in [-0.25, -0.2) is 12.8 Å². The number of methoxy groups -OCH3 is 1. The SMILES string of the molecule is COc1ccc(Cl)cc1N(CCC(=O)O)S(=O)(=O)c1ccc(F)cc1. The Labute approximate surface area is 149 Å². The molecular formula is C16H15ClFNO5S. The normalized spacial score (nSPS) is 11.2. The summed E-state index contributed by atoms with van der Waals surface area (Å²) in [6.45, 7) is -0.342. The van der Waals surface area contributed by atoms with Crippen LogP contribution in [-0.2, 0) is 14.8 Å². The van der Waals surface area contributed by atoms with Crippen LogP contribution in [0.4, 0.5) is 10.1 Å². The van der Waals surface area contributed by atoms with Gasteiger partial charge in [-0.2, -0.15) is 0 Å². The molecule has 0 heterocycles. The fourth-order valence-corrected chi connectivity index (χ4v) is 3.79. The van der Waals surface area contributed by atoms with Crippen molar-refractivity contribution in [3.05, 3.63) is 53.3 Å². The Bertz CT molecular complexity index is 871. The van der Waals surface area contributed by atoms with E-state index in [-0.39, 0.29) is 27.9 Å². The van der Waals surface area contributed by atoms with Crippen molar-refractivity contribution in [2.45, 2.75) is 11.3 Å². The molecule has 2 rings (SSSR count). The molecule has 0 saturated heterocycles. The zero-order valence-corrected chi connectivity index (χ0v) is 14.7. The average Bonchev–Trinajstić information content (AvgIpc) is 2.55. The molecule has 0 aliphatic heterocycles. The van der Waals surface area contributed by atoms with Crippen LogP contribution in [-0.4, -0.2) is 33.1 Å². The molecule has 0 amide bonds. The second-order valence-electron chi connectivity index (χ2n) is 4.99. The molecule has 0 atom stereocenters. The van der Waals surface area contributed by atoms with Crippen LogP contribution in [0.3, 0.4) is 0 Å². The van der Waals surface area contributed by atoms with E-state index >= 15 is 0 Å². The van der Waals surface area contributed by atoms with Gasteiger partial charge >= 0.3 is 5.97 Å². The first kappa shape index (κ1) is 19.0. The second-order valence-corrected chi connectivity index (χ2v) is 7.29. The number of hydrogen-bond donors (Lipinski definition) is 1. The molecule has 6 nitrogen and oxygen atoms in total. The van der Waals surface area contributed by atoms with Crippen LogP contribution in [0, 0.1) is 5.82 Å². The van der Waals surface area contributed by atoms with Crippen LogP contribution in [0.5, 0.6) is 5.75 Å². The van der Waals surface area contributed by atoms with Crippen LogP contribution in [0.2, 0.25) is 5.02 Å². The lowest BCUT2D eigenvalue weighted by Crippen LogP contribution is -2.33. The third kappa shape index (κ3) is 4.40. The van der Waals surface area contributed by atoms with Crippen molar-refractivity contribution >= 4 is 33.3 Å². The molecule has 25 heavy (non-hydrogen) atoms. The molecule has 0 aliphatic carbocycles.